The van der Waals surface area contributed by atoms with E-state index < -0.39 is 0 Å². The minimum atomic E-state index is -0.0258. The first-order valence-corrected chi connectivity index (χ1v) is 9.70. The Bertz CT molecular complexity index is 987. The number of carbonyl (C=O) groups excluding carboxylic acids is 1. The van der Waals surface area contributed by atoms with Crippen molar-refractivity contribution in [3.8, 4) is 5.75 Å². The van der Waals surface area contributed by atoms with E-state index in [1.165, 1.54) is 11.1 Å². The van der Waals surface area contributed by atoms with Crippen LogP contribution in [0.3, 0.4) is 0 Å². The summed E-state index contributed by atoms with van der Waals surface area (Å²) in [4.78, 5) is 16.5. The summed E-state index contributed by atoms with van der Waals surface area (Å²) in [6, 6.07) is 25.4. The molecule has 2 N–H and O–H groups in total. The number of guanidine groups is 1. The molecule has 0 aliphatic carbocycles. The highest BCUT2D eigenvalue weighted by Crippen LogP contribution is 2.17. The minimum absolute atomic E-state index is 0. The zero-order chi connectivity index (χ0) is 19.9. The maximum absolute atomic E-state index is 12.1. The summed E-state index contributed by atoms with van der Waals surface area (Å²) < 4.78 is 5.63. The molecule has 154 valence electrons. The number of anilines is 1. The summed E-state index contributed by atoms with van der Waals surface area (Å²) in [5, 5.41) is 6.47. The monoisotopic (exact) mass is 421 g/mol. The molecule has 0 saturated heterocycles. The molecule has 0 aromatic heterocycles. The van der Waals surface area contributed by atoms with Crippen LogP contribution in [-0.4, -0.2) is 31.4 Å². The Balaban J connectivity index is 0.00000256. The van der Waals surface area contributed by atoms with Crippen molar-refractivity contribution in [3.05, 3.63) is 95.6 Å². The van der Waals surface area contributed by atoms with Gasteiger partial charge in [-0.1, -0.05) is 54.6 Å². The zero-order valence-electron chi connectivity index (χ0n) is 16.5. The molecule has 0 amide bonds. The lowest BCUT2D eigenvalue weighted by Crippen LogP contribution is -2.26. The van der Waals surface area contributed by atoms with Crippen LogP contribution in [-0.2, 0) is 6.42 Å². The van der Waals surface area contributed by atoms with E-state index in [4.69, 9.17) is 4.74 Å². The van der Waals surface area contributed by atoms with E-state index in [0.29, 0.717) is 11.3 Å². The second-order valence-electron chi connectivity index (χ2n) is 6.88. The van der Waals surface area contributed by atoms with E-state index in [1.54, 1.807) is 12.1 Å². The predicted octanol–water partition coefficient (Wildman–Crippen LogP) is 4.33. The van der Waals surface area contributed by atoms with Crippen molar-refractivity contribution >= 4 is 29.8 Å². The Morgan fingerprint density at radius 2 is 1.60 bits per heavy atom. The first-order valence-electron chi connectivity index (χ1n) is 9.70. The van der Waals surface area contributed by atoms with E-state index >= 15 is 0 Å². The summed E-state index contributed by atoms with van der Waals surface area (Å²) in [7, 11) is 0. The molecule has 6 heteroatoms. The molecule has 0 unspecified atom stereocenters. The molecular formula is C24H24ClN3O2. The van der Waals surface area contributed by atoms with Crippen LogP contribution in [0.5, 0.6) is 5.75 Å². The van der Waals surface area contributed by atoms with Crippen LogP contribution in [0.1, 0.15) is 21.5 Å². The van der Waals surface area contributed by atoms with E-state index in [0.717, 1.165) is 31.2 Å². The van der Waals surface area contributed by atoms with Crippen molar-refractivity contribution in [3.63, 3.8) is 0 Å². The van der Waals surface area contributed by atoms with Gasteiger partial charge in [-0.15, -0.1) is 12.4 Å². The topological polar surface area (TPSA) is 62.7 Å². The molecule has 3 aromatic rings. The smallest absolute Gasteiger partial charge is 0.200 e. The number of ether oxygens (including phenoxy) is 1. The second-order valence-corrected chi connectivity index (χ2v) is 6.88. The van der Waals surface area contributed by atoms with Gasteiger partial charge >= 0.3 is 0 Å². The fourth-order valence-electron chi connectivity index (χ4n) is 3.12. The Kier molecular flexibility index (Phi) is 7.46. The van der Waals surface area contributed by atoms with Gasteiger partial charge in [-0.3, -0.25) is 9.79 Å². The molecule has 0 radical (unpaired) electrons. The van der Waals surface area contributed by atoms with E-state index in [9.17, 15) is 4.79 Å². The molecule has 0 bridgehead atoms. The summed E-state index contributed by atoms with van der Waals surface area (Å²) in [5.74, 6) is 1.50. The molecule has 1 aliphatic rings. The van der Waals surface area contributed by atoms with E-state index in [1.807, 2.05) is 42.5 Å². The number of benzene rings is 3. The molecule has 0 spiro atoms. The maximum Gasteiger partial charge on any atom is 0.200 e. The van der Waals surface area contributed by atoms with Gasteiger partial charge in [0.1, 0.15) is 5.75 Å². The SMILES string of the molecule is Cl.O=C(COc1ccc(Cc2ccc(NC3=NCCN3)cc2)cc1)c1ccccc1. The molecular weight excluding hydrogens is 398 g/mol. The largest absolute Gasteiger partial charge is 0.485 e. The van der Waals surface area contributed by atoms with Crippen LogP contribution >= 0.6 is 12.4 Å². The third-order valence-electron chi connectivity index (χ3n) is 4.69. The van der Waals surface area contributed by atoms with E-state index in [2.05, 4.69) is 39.9 Å². The molecule has 0 atom stereocenters. The number of halogens is 1. The van der Waals surface area contributed by atoms with Gasteiger partial charge in [0.05, 0.1) is 6.54 Å². The number of nitrogens with zero attached hydrogens (tertiary/aromatic N) is 1. The van der Waals surface area contributed by atoms with Crippen LogP contribution in [0, 0.1) is 0 Å². The zero-order valence-corrected chi connectivity index (χ0v) is 17.3. The van der Waals surface area contributed by atoms with Gasteiger partial charge in [-0.05, 0) is 41.8 Å². The number of hydrogen-bond acceptors (Lipinski definition) is 5. The predicted molar refractivity (Wildman–Crippen MR) is 123 cm³/mol. The molecule has 0 saturated carbocycles. The maximum atomic E-state index is 12.1. The molecule has 5 nitrogen and oxygen atoms in total. The van der Waals surface area contributed by atoms with Gasteiger partial charge in [-0.25, -0.2) is 0 Å². The number of Topliss-reactive ketones (excluding diaryl/α,β-unsaturated/α-hetero) is 1. The molecule has 3 aromatic carbocycles. The number of hydrogen-bond donors (Lipinski definition) is 2. The number of ketones is 1. The number of aliphatic imine (C=N–C) groups is 1. The summed E-state index contributed by atoms with van der Waals surface area (Å²) in [6.07, 6.45) is 0.836. The highest BCUT2D eigenvalue weighted by Gasteiger charge is 2.07. The van der Waals surface area contributed by atoms with Gasteiger partial charge in [0.2, 0.25) is 0 Å². The van der Waals surface area contributed by atoms with Crippen LogP contribution in [0.2, 0.25) is 0 Å². The Morgan fingerprint density at radius 1 is 0.933 bits per heavy atom. The Hall–Kier alpha value is -3.31. The number of carbonyl (C=O) groups is 1. The first-order chi connectivity index (χ1) is 14.3. The third kappa shape index (κ3) is 5.84. The normalized spacial score (nSPS) is 12.3. The lowest BCUT2D eigenvalue weighted by atomic mass is 10.0. The van der Waals surface area contributed by atoms with Crippen LogP contribution in [0.4, 0.5) is 5.69 Å². The summed E-state index contributed by atoms with van der Waals surface area (Å²) >= 11 is 0. The number of nitrogens with one attached hydrogen (secondary N) is 2. The van der Waals surface area contributed by atoms with Crippen LogP contribution in [0.25, 0.3) is 0 Å². The van der Waals surface area contributed by atoms with Crippen molar-refractivity contribution < 1.29 is 9.53 Å². The molecule has 1 heterocycles. The van der Waals surface area contributed by atoms with Crippen molar-refractivity contribution in [2.24, 2.45) is 4.99 Å². The van der Waals surface area contributed by atoms with Crippen LogP contribution < -0.4 is 15.4 Å². The van der Waals surface area contributed by atoms with Gasteiger partial charge in [0.15, 0.2) is 18.3 Å². The molecule has 4 rings (SSSR count). The molecule has 30 heavy (non-hydrogen) atoms. The molecule has 0 fully saturated rings. The average molecular weight is 422 g/mol. The van der Waals surface area contributed by atoms with E-state index in [-0.39, 0.29) is 24.8 Å². The molecule has 1 aliphatic heterocycles. The fraction of sp³-hybridized carbons (Fsp3) is 0.167. The number of rotatable bonds is 7. The lowest BCUT2D eigenvalue weighted by molar-refractivity contribution is 0.0921. The Morgan fingerprint density at radius 3 is 2.23 bits per heavy atom. The quantitative estimate of drug-likeness (QED) is 0.557. The highest BCUT2D eigenvalue weighted by molar-refractivity contribution is 5.97. The highest BCUT2D eigenvalue weighted by atomic mass is 35.5. The van der Waals surface area contributed by atoms with Gasteiger partial charge in [0.25, 0.3) is 0 Å². The minimum Gasteiger partial charge on any atom is -0.485 e. The lowest BCUT2D eigenvalue weighted by Gasteiger charge is -2.09. The van der Waals surface area contributed by atoms with Gasteiger partial charge in [-0.2, -0.15) is 0 Å². The average Bonchev–Trinajstić information content (AvgIpc) is 3.28. The fourth-order valence-corrected chi connectivity index (χ4v) is 3.12. The Labute approximate surface area is 182 Å². The second kappa shape index (κ2) is 10.5. The third-order valence-corrected chi connectivity index (χ3v) is 4.69. The summed E-state index contributed by atoms with van der Waals surface area (Å²) in [6.45, 7) is 1.75. The van der Waals surface area contributed by atoms with Crippen molar-refractivity contribution in [2.75, 3.05) is 25.0 Å². The first kappa shape index (κ1) is 21.4. The summed E-state index contributed by atoms with van der Waals surface area (Å²) in [5.41, 5.74) is 4.10. The standard InChI is InChI=1S/C24H23N3O2.ClH/c28-23(20-4-2-1-3-5-20)17-29-22-12-8-19(9-13-22)16-18-6-10-21(11-7-18)27-24-25-14-15-26-24;/h1-13H,14-17H2,(H2,25,26,27);1H. The van der Waals surface area contributed by atoms with Gasteiger partial charge < -0.3 is 15.4 Å². The van der Waals surface area contributed by atoms with Crippen molar-refractivity contribution in [1.29, 1.82) is 0 Å². The van der Waals surface area contributed by atoms with Crippen molar-refractivity contribution in [2.45, 2.75) is 6.42 Å². The van der Waals surface area contributed by atoms with Crippen LogP contribution in [0.15, 0.2) is 83.9 Å². The van der Waals surface area contributed by atoms with Gasteiger partial charge in [0, 0.05) is 17.8 Å². The van der Waals surface area contributed by atoms with Crippen molar-refractivity contribution in [1.82, 2.24) is 5.32 Å².